The fraction of sp³-hybridized carbons (Fsp3) is 0.0870. The first-order valence-corrected chi connectivity index (χ1v) is 9.24. The molecule has 2 aromatic carbocycles. The Morgan fingerprint density at radius 3 is 2.34 bits per heavy atom. The van der Waals surface area contributed by atoms with Crippen LogP contribution in [0.1, 0.15) is 33.2 Å². The van der Waals surface area contributed by atoms with E-state index in [4.69, 9.17) is 0 Å². The third-order valence-corrected chi connectivity index (χ3v) is 4.63. The largest absolute Gasteiger partial charge is 0.322 e. The van der Waals surface area contributed by atoms with E-state index in [1.165, 1.54) is 6.92 Å². The molecule has 6 nitrogen and oxygen atoms in total. The molecule has 0 bridgehead atoms. The van der Waals surface area contributed by atoms with E-state index in [1.54, 1.807) is 35.1 Å². The van der Waals surface area contributed by atoms with Gasteiger partial charge in [-0.3, -0.25) is 9.59 Å². The standard InChI is InChI=1S/C23H20N4O2/c1-16-6-5-7-20(14-16)27-23(26-12-3-4-13-26)21(15-24-27)22(29)25-19-10-8-18(9-11-19)17(2)28/h3-15H,1-2H3,(H,25,29). The Labute approximate surface area is 168 Å². The summed E-state index contributed by atoms with van der Waals surface area (Å²) in [4.78, 5) is 24.5. The lowest BCUT2D eigenvalue weighted by Crippen LogP contribution is -2.15. The fourth-order valence-electron chi connectivity index (χ4n) is 3.16. The molecule has 0 aliphatic rings. The predicted molar refractivity (Wildman–Crippen MR) is 112 cm³/mol. The summed E-state index contributed by atoms with van der Waals surface area (Å²) < 4.78 is 3.61. The molecule has 0 aliphatic carbocycles. The molecular formula is C23H20N4O2. The molecule has 0 radical (unpaired) electrons. The van der Waals surface area contributed by atoms with Crippen molar-refractivity contribution in [3.8, 4) is 11.5 Å². The Morgan fingerprint density at radius 2 is 1.69 bits per heavy atom. The summed E-state index contributed by atoms with van der Waals surface area (Å²) in [7, 11) is 0. The van der Waals surface area contributed by atoms with E-state index in [9.17, 15) is 9.59 Å². The van der Waals surface area contributed by atoms with E-state index in [0.29, 0.717) is 22.6 Å². The van der Waals surface area contributed by atoms with E-state index in [0.717, 1.165) is 11.3 Å². The van der Waals surface area contributed by atoms with E-state index < -0.39 is 0 Å². The zero-order valence-corrected chi connectivity index (χ0v) is 16.2. The lowest BCUT2D eigenvalue weighted by molar-refractivity contribution is 0.101. The van der Waals surface area contributed by atoms with Gasteiger partial charge < -0.3 is 9.88 Å². The fourth-order valence-corrected chi connectivity index (χ4v) is 3.16. The number of nitrogens with one attached hydrogen (secondary N) is 1. The number of ketones is 1. The molecule has 0 unspecified atom stereocenters. The summed E-state index contributed by atoms with van der Waals surface area (Å²) >= 11 is 0. The van der Waals surface area contributed by atoms with Crippen LogP contribution < -0.4 is 5.32 Å². The number of carbonyl (C=O) groups excluding carboxylic acids is 2. The highest BCUT2D eigenvalue weighted by atomic mass is 16.1. The number of benzene rings is 2. The second-order valence-electron chi connectivity index (χ2n) is 6.81. The number of carbonyl (C=O) groups is 2. The van der Waals surface area contributed by atoms with Gasteiger partial charge in [0.05, 0.1) is 11.9 Å². The Bertz CT molecular complexity index is 1170. The van der Waals surface area contributed by atoms with Crippen LogP contribution in [0.4, 0.5) is 5.69 Å². The molecule has 0 saturated heterocycles. The van der Waals surface area contributed by atoms with Crippen LogP contribution in [-0.4, -0.2) is 26.0 Å². The van der Waals surface area contributed by atoms with Crippen molar-refractivity contribution < 1.29 is 9.59 Å². The molecule has 0 atom stereocenters. The highest BCUT2D eigenvalue weighted by molar-refractivity contribution is 6.06. The second-order valence-corrected chi connectivity index (χ2v) is 6.81. The average Bonchev–Trinajstić information content (AvgIpc) is 3.38. The molecule has 1 amide bonds. The molecule has 4 rings (SSSR count). The zero-order chi connectivity index (χ0) is 20.4. The maximum Gasteiger partial charge on any atom is 0.261 e. The van der Waals surface area contributed by atoms with E-state index in [2.05, 4.69) is 10.4 Å². The number of nitrogens with zero attached hydrogens (tertiary/aromatic N) is 3. The number of hydrogen-bond acceptors (Lipinski definition) is 3. The van der Waals surface area contributed by atoms with Crippen LogP contribution in [0.3, 0.4) is 0 Å². The van der Waals surface area contributed by atoms with Gasteiger partial charge >= 0.3 is 0 Å². The van der Waals surface area contributed by atoms with Crippen molar-refractivity contribution in [3.05, 3.63) is 95.9 Å². The van der Waals surface area contributed by atoms with Crippen molar-refractivity contribution in [1.29, 1.82) is 0 Å². The van der Waals surface area contributed by atoms with Gasteiger partial charge in [0, 0.05) is 23.6 Å². The molecule has 2 heterocycles. The number of aryl methyl sites for hydroxylation is 1. The minimum atomic E-state index is -0.275. The number of aromatic nitrogens is 3. The van der Waals surface area contributed by atoms with Crippen LogP contribution in [0.15, 0.2) is 79.3 Å². The zero-order valence-electron chi connectivity index (χ0n) is 16.2. The van der Waals surface area contributed by atoms with Crippen LogP contribution in [0.5, 0.6) is 0 Å². The summed E-state index contributed by atoms with van der Waals surface area (Å²) in [5.41, 5.74) is 3.63. The highest BCUT2D eigenvalue weighted by Gasteiger charge is 2.20. The van der Waals surface area contributed by atoms with Crippen LogP contribution in [0, 0.1) is 6.92 Å². The smallest absolute Gasteiger partial charge is 0.261 e. The molecule has 0 spiro atoms. The molecule has 29 heavy (non-hydrogen) atoms. The minimum Gasteiger partial charge on any atom is -0.322 e. The van der Waals surface area contributed by atoms with Crippen LogP contribution in [0.2, 0.25) is 0 Å². The number of hydrogen-bond donors (Lipinski definition) is 1. The van der Waals surface area contributed by atoms with Gasteiger partial charge in [-0.2, -0.15) is 5.10 Å². The molecule has 0 aliphatic heterocycles. The monoisotopic (exact) mass is 384 g/mol. The number of amides is 1. The molecule has 2 aromatic heterocycles. The normalized spacial score (nSPS) is 10.7. The van der Waals surface area contributed by atoms with Gasteiger partial charge in [0.1, 0.15) is 5.56 Å². The number of anilines is 1. The Hall–Kier alpha value is -3.93. The molecule has 6 heteroatoms. The van der Waals surface area contributed by atoms with Crippen molar-refractivity contribution in [3.63, 3.8) is 0 Å². The summed E-state index contributed by atoms with van der Waals surface area (Å²) in [5.74, 6) is 0.360. The van der Waals surface area contributed by atoms with Crippen molar-refractivity contribution in [1.82, 2.24) is 14.3 Å². The van der Waals surface area contributed by atoms with Gasteiger partial charge in [-0.05, 0) is 67.9 Å². The highest BCUT2D eigenvalue weighted by Crippen LogP contribution is 2.22. The van der Waals surface area contributed by atoms with E-state index >= 15 is 0 Å². The van der Waals surface area contributed by atoms with Crippen molar-refractivity contribution >= 4 is 17.4 Å². The Balaban J connectivity index is 1.72. The number of Topliss-reactive ketones (excluding diaryl/α,β-unsaturated/α-hetero) is 1. The minimum absolute atomic E-state index is 0.0165. The summed E-state index contributed by atoms with van der Waals surface area (Å²) in [6.07, 6.45) is 5.32. The summed E-state index contributed by atoms with van der Waals surface area (Å²) in [5, 5.41) is 7.36. The summed E-state index contributed by atoms with van der Waals surface area (Å²) in [6.45, 7) is 3.53. The molecule has 144 valence electrons. The Morgan fingerprint density at radius 1 is 0.966 bits per heavy atom. The first-order chi connectivity index (χ1) is 14.0. The topological polar surface area (TPSA) is 68.9 Å². The van der Waals surface area contributed by atoms with Crippen molar-refractivity contribution in [2.45, 2.75) is 13.8 Å². The second kappa shape index (κ2) is 7.59. The maximum atomic E-state index is 13.0. The van der Waals surface area contributed by atoms with Crippen LogP contribution in [-0.2, 0) is 0 Å². The van der Waals surface area contributed by atoms with Gasteiger partial charge in [0.2, 0.25) is 0 Å². The first-order valence-electron chi connectivity index (χ1n) is 9.24. The van der Waals surface area contributed by atoms with E-state index in [-0.39, 0.29) is 11.7 Å². The van der Waals surface area contributed by atoms with Gasteiger partial charge in [0.25, 0.3) is 5.91 Å². The molecule has 4 aromatic rings. The molecule has 1 N–H and O–H groups in total. The van der Waals surface area contributed by atoms with Crippen molar-refractivity contribution in [2.24, 2.45) is 0 Å². The van der Waals surface area contributed by atoms with Crippen molar-refractivity contribution in [2.75, 3.05) is 5.32 Å². The van der Waals surface area contributed by atoms with Crippen LogP contribution >= 0.6 is 0 Å². The van der Waals surface area contributed by atoms with Gasteiger partial charge in [-0.1, -0.05) is 12.1 Å². The predicted octanol–water partition coefficient (Wildman–Crippen LogP) is 4.43. The van der Waals surface area contributed by atoms with Gasteiger partial charge in [-0.15, -0.1) is 0 Å². The van der Waals surface area contributed by atoms with Gasteiger partial charge in [0.15, 0.2) is 11.6 Å². The Kier molecular flexibility index (Phi) is 4.83. The molecule has 0 saturated carbocycles. The lowest BCUT2D eigenvalue weighted by Gasteiger charge is -2.12. The molecular weight excluding hydrogens is 364 g/mol. The maximum absolute atomic E-state index is 13.0. The summed E-state index contributed by atoms with van der Waals surface area (Å²) in [6, 6.07) is 18.6. The first kappa shape index (κ1) is 18.4. The van der Waals surface area contributed by atoms with E-state index in [1.807, 2.05) is 60.3 Å². The van der Waals surface area contributed by atoms with Crippen LogP contribution in [0.25, 0.3) is 11.5 Å². The quantitative estimate of drug-likeness (QED) is 0.518. The lowest BCUT2D eigenvalue weighted by atomic mass is 10.1. The van der Waals surface area contributed by atoms with Gasteiger partial charge in [-0.25, -0.2) is 4.68 Å². The number of rotatable bonds is 5. The molecule has 0 fully saturated rings. The third-order valence-electron chi connectivity index (χ3n) is 4.63. The SMILES string of the molecule is CC(=O)c1ccc(NC(=O)c2cnn(-c3cccc(C)c3)c2-n2cccc2)cc1. The average molecular weight is 384 g/mol. The third kappa shape index (κ3) is 3.73.